The number of hydrogen-bond acceptors (Lipinski definition) is 7. The number of fused-ring (bicyclic) bond motifs is 1. The fourth-order valence-corrected chi connectivity index (χ4v) is 4.65. The van der Waals surface area contributed by atoms with E-state index in [4.69, 9.17) is 4.42 Å². The van der Waals surface area contributed by atoms with Crippen molar-refractivity contribution in [1.82, 2.24) is 9.29 Å². The number of halogens is 2. The maximum absolute atomic E-state index is 12.4. The lowest BCUT2D eigenvalue weighted by atomic mass is 10.3. The number of nitrogens with zero attached hydrogens (tertiary/aromatic N) is 2. The molecule has 7 nitrogen and oxygen atoms in total. The third-order valence-corrected chi connectivity index (χ3v) is 7.59. The Kier molecular flexibility index (Phi) is 7.24. The number of anilines is 1. The van der Waals surface area contributed by atoms with Crippen LogP contribution in [0.1, 0.15) is 6.92 Å². The van der Waals surface area contributed by atoms with Gasteiger partial charge in [-0.05, 0) is 49.4 Å². The Balaban J connectivity index is 1.68. The van der Waals surface area contributed by atoms with Crippen molar-refractivity contribution in [2.75, 3.05) is 19.4 Å². The summed E-state index contributed by atoms with van der Waals surface area (Å²) in [4.78, 5) is 17.2. The summed E-state index contributed by atoms with van der Waals surface area (Å²) in [5.74, 6) is -2.83. The fourth-order valence-electron chi connectivity index (χ4n) is 2.48. The van der Waals surface area contributed by atoms with Crippen molar-refractivity contribution in [3.8, 4) is 0 Å². The molecule has 0 radical (unpaired) electrons. The number of benzene rings is 2. The smallest absolute Gasteiger partial charge is 0.288 e. The number of thioether (sulfide) groups is 2. The van der Waals surface area contributed by atoms with Crippen molar-refractivity contribution in [2.24, 2.45) is 0 Å². The summed E-state index contributed by atoms with van der Waals surface area (Å²) >= 11 is 1.50. The molecule has 0 spiro atoms. The summed E-state index contributed by atoms with van der Waals surface area (Å²) in [7, 11) is -0.723. The first-order chi connectivity index (χ1) is 14.6. The molecule has 1 heterocycles. The van der Waals surface area contributed by atoms with E-state index in [0.717, 1.165) is 16.1 Å². The average Bonchev–Trinajstić information content (AvgIpc) is 3.10. The molecule has 1 atom stereocenters. The lowest BCUT2D eigenvalue weighted by Gasteiger charge is -2.10. The molecule has 1 unspecified atom stereocenters. The van der Waals surface area contributed by atoms with Gasteiger partial charge in [0.2, 0.25) is 15.9 Å². The van der Waals surface area contributed by atoms with E-state index in [-0.39, 0.29) is 16.0 Å². The lowest BCUT2D eigenvalue weighted by molar-refractivity contribution is -0.115. The first-order valence-corrected chi connectivity index (χ1v) is 12.1. The highest BCUT2D eigenvalue weighted by Crippen LogP contribution is 2.30. The van der Waals surface area contributed by atoms with Gasteiger partial charge in [-0.1, -0.05) is 23.5 Å². The standard InChI is InChI=1S/C19H19F2N3O4S3/c1-11(17(25)22-12-4-6-13(7-5-12)30-18(20)21)29-19-23-15-10-14(8-9-16(15)28-19)31(26,27)24(2)3/h4-11,18H,1-3H3,(H,22,25). The van der Waals surface area contributed by atoms with Crippen LogP contribution in [0.2, 0.25) is 0 Å². The van der Waals surface area contributed by atoms with Gasteiger partial charge >= 0.3 is 0 Å². The van der Waals surface area contributed by atoms with Crippen molar-refractivity contribution < 1.29 is 26.4 Å². The van der Waals surface area contributed by atoms with Crippen LogP contribution in [0.4, 0.5) is 14.5 Å². The molecule has 12 heteroatoms. The highest BCUT2D eigenvalue weighted by Gasteiger charge is 2.21. The number of amides is 1. The van der Waals surface area contributed by atoms with Crippen molar-refractivity contribution in [2.45, 2.75) is 32.9 Å². The van der Waals surface area contributed by atoms with Crippen LogP contribution in [0.15, 0.2) is 61.9 Å². The zero-order chi connectivity index (χ0) is 22.8. The molecule has 0 saturated carbocycles. The SMILES string of the molecule is CC(Sc1nc2cc(S(=O)(=O)N(C)C)ccc2o1)C(=O)Nc1ccc(SC(F)F)cc1. The summed E-state index contributed by atoms with van der Waals surface area (Å²) in [6.45, 7) is 1.66. The number of sulfonamides is 1. The van der Waals surface area contributed by atoms with E-state index >= 15 is 0 Å². The minimum absolute atomic E-state index is 0.0918. The van der Waals surface area contributed by atoms with Crippen LogP contribution in [-0.2, 0) is 14.8 Å². The van der Waals surface area contributed by atoms with E-state index in [1.165, 1.54) is 44.4 Å². The van der Waals surface area contributed by atoms with Crippen molar-refractivity contribution >= 4 is 56.2 Å². The third kappa shape index (κ3) is 5.76. The van der Waals surface area contributed by atoms with Gasteiger partial charge in [0, 0.05) is 24.7 Å². The summed E-state index contributed by atoms with van der Waals surface area (Å²) < 4.78 is 56.0. The quantitative estimate of drug-likeness (QED) is 0.467. The van der Waals surface area contributed by atoms with Crippen LogP contribution in [-0.4, -0.2) is 48.7 Å². The maximum atomic E-state index is 12.4. The van der Waals surface area contributed by atoms with Crippen molar-refractivity contribution in [1.29, 1.82) is 0 Å². The molecule has 166 valence electrons. The van der Waals surface area contributed by atoms with Gasteiger partial charge in [0.1, 0.15) is 5.52 Å². The third-order valence-electron chi connectivity index (χ3n) is 4.11. The van der Waals surface area contributed by atoms with Crippen molar-refractivity contribution in [3.05, 3.63) is 42.5 Å². The normalized spacial score (nSPS) is 13.1. The van der Waals surface area contributed by atoms with Gasteiger partial charge in [-0.2, -0.15) is 8.78 Å². The van der Waals surface area contributed by atoms with E-state index in [9.17, 15) is 22.0 Å². The highest BCUT2D eigenvalue weighted by molar-refractivity contribution is 8.00. The lowest BCUT2D eigenvalue weighted by Crippen LogP contribution is -2.22. The van der Waals surface area contributed by atoms with E-state index in [0.29, 0.717) is 33.4 Å². The number of aromatic nitrogens is 1. The molecule has 3 aromatic rings. The highest BCUT2D eigenvalue weighted by atomic mass is 32.2. The second kappa shape index (κ2) is 9.55. The predicted molar refractivity (Wildman–Crippen MR) is 117 cm³/mol. The number of hydrogen-bond donors (Lipinski definition) is 1. The maximum Gasteiger partial charge on any atom is 0.288 e. The molecule has 0 aliphatic heterocycles. The molecule has 1 aromatic heterocycles. The summed E-state index contributed by atoms with van der Waals surface area (Å²) in [6, 6.07) is 10.5. The Morgan fingerprint density at radius 3 is 2.42 bits per heavy atom. The second-order valence-electron chi connectivity index (χ2n) is 6.55. The Morgan fingerprint density at radius 1 is 1.13 bits per heavy atom. The van der Waals surface area contributed by atoms with Gasteiger partial charge in [-0.25, -0.2) is 17.7 Å². The van der Waals surface area contributed by atoms with E-state index in [2.05, 4.69) is 10.3 Å². The molecule has 0 bridgehead atoms. The molecule has 0 aliphatic carbocycles. The van der Waals surface area contributed by atoms with E-state index in [1.807, 2.05) is 0 Å². The largest absolute Gasteiger partial charge is 0.431 e. The summed E-state index contributed by atoms with van der Waals surface area (Å²) in [6.07, 6.45) is 0. The Morgan fingerprint density at radius 2 is 1.81 bits per heavy atom. The number of alkyl halides is 2. The summed E-state index contributed by atoms with van der Waals surface area (Å²) in [5.41, 5.74) is 1.25. The molecular formula is C19H19F2N3O4S3. The first kappa shape index (κ1) is 23.5. The number of oxazole rings is 1. The number of carbonyl (C=O) groups is 1. The van der Waals surface area contributed by atoms with Gasteiger partial charge in [0.15, 0.2) is 5.58 Å². The summed E-state index contributed by atoms with van der Waals surface area (Å²) in [5, 5.41) is 2.35. The van der Waals surface area contributed by atoms with E-state index in [1.54, 1.807) is 19.1 Å². The molecule has 31 heavy (non-hydrogen) atoms. The Labute approximate surface area is 186 Å². The minimum atomic E-state index is -3.60. The molecule has 2 aromatic carbocycles. The molecule has 1 amide bonds. The topological polar surface area (TPSA) is 92.5 Å². The number of carbonyl (C=O) groups excluding carboxylic acids is 1. The minimum Gasteiger partial charge on any atom is -0.431 e. The molecule has 0 fully saturated rings. The molecule has 3 rings (SSSR count). The van der Waals surface area contributed by atoms with E-state index < -0.39 is 21.0 Å². The van der Waals surface area contributed by atoms with Gasteiger partial charge in [-0.3, -0.25) is 4.79 Å². The molecular weight excluding hydrogens is 468 g/mol. The zero-order valence-corrected chi connectivity index (χ0v) is 19.2. The van der Waals surface area contributed by atoms with Gasteiger partial charge in [0.05, 0.1) is 10.1 Å². The van der Waals surface area contributed by atoms with Crippen LogP contribution in [0, 0.1) is 0 Å². The number of rotatable bonds is 8. The molecule has 0 saturated heterocycles. The van der Waals surface area contributed by atoms with Gasteiger partial charge < -0.3 is 9.73 Å². The Hall–Kier alpha value is -2.15. The monoisotopic (exact) mass is 487 g/mol. The molecule has 1 N–H and O–H groups in total. The fraction of sp³-hybridized carbons (Fsp3) is 0.263. The second-order valence-corrected chi connectivity index (χ2v) is 11.1. The van der Waals surface area contributed by atoms with Gasteiger partial charge in [-0.15, -0.1) is 0 Å². The van der Waals surface area contributed by atoms with Crippen LogP contribution >= 0.6 is 23.5 Å². The first-order valence-electron chi connectivity index (χ1n) is 8.92. The van der Waals surface area contributed by atoms with Crippen LogP contribution in [0.5, 0.6) is 0 Å². The predicted octanol–water partition coefficient (Wildman–Crippen LogP) is 4.51. The van der Waals surface area contributed by atoms with Crippen LogP contribution < -0.4 is 5.32 Å². The van der Waals surface area contributed by atoms with Gasteiger partial charge in [0.25, 0.3) is 11.0 Å². The van der Waals surface area contributed by atoms with Crippen LogP contribution in [0.25, 0.3) is 11.1 Å². The number of nitrogens with one attached hydrogen (secondary N) is 1. The van der Waals surface area contributed by atoms with Crippen LogP contribution in [0.3, 0.4) is 0 Å². The molecule has 0 aliphatic rings. The Bertz CT molecular complexity index is 1180. The zero-order valence-electron chi connectivity index (χ0n) is 16.7. The average molecular weight is 488 g/mol. The van der Waals surface area contributed by atoms with Crippen molar-refractivity contribution in [3.63, 3.8) is 0 Å².